The fourth-order valence-corrected chi connectivity index (χ4v) is 1.91. The van der Waals surface area contributed by atoms with Crippen LogP contribution < -0.4 is 15.4 Å². The van der Waals surface area contributed by atoms with Crippen LogP contribution in [-0.2, 0) is 4.79 Å². The second-order valence-electron chi connectivity index (χ2n) is 4.69. The number of carbonyl (C=O) groups is 1. The molecule has 0 saturated heterocycles. The van der Waals surface area contributed by atoms with Crippen molar-refractivity contribution in [2.75, 3.05) is 20.2 Å². The molecular weight excluding hydrogens is 276 g/mol. The Labute approximate surface area is 125 Å². The van der Waals surface area contributed by atoms with E-state index in [2.05, 4.69) is 17.6 Å². The summed E-state index contributed by atoms with van der Waals surface area (Å²) in [4.78, 5) is 11.5. The van der Waals surface area contributed by atoms with Crippen LogP contribution >= 0.6 is 11.6 Å². The van der Waals surface area contributed by atoms with Gasteiger partial charge in [-0.05, 0) is 38.1 Å². The van der Waals surface area contributed by atoms with Crippen LogP contribution in [0.5, 0.6) is 5.75 Å². The van der Waals surface area contributed by atoms with E-state index in [0.29, 0.717) is 17.3 Å². The average molecular weight is 299 g/mol. The van der Waals surface area contributed by atoms with Gasteiger partial charge < -0.3 is 15.4 Å². The molecule has 1 unspecified atom stereocenters. The van der Waals surface area contributed by atoms with E-state index in [4.69, 9.17) is 16.3 Å². The SMILES string of the molecule is CCCCNC(=O)COc1ccc(C(C)NC)cc1Cl. The molecule has 5 heteroatoms. The maximum absolute atomic E-state index is 11.5. The Morgan fingerprint density at radius 3 is 2.80 bits per heavy atom. The number of nitrogens with one attached hydrogen (secondary N) is 2. The molecule has 1 rings (SSSR count). The predicted octanol–water partition coefficient (Wildman–Crippen LogP) is 2.92. The zero-order valence-electron chi connectivity index (χ0n) is 12.3. The van der Waals surface area contributed by atoms with E-state index in [9.17, 15) is 4.79 Å². The third kappa shape index (κ3) is 5.39. The van der Waals surface area contributed by atoms with Crippen molar-refractivity contribution in [1.29, 1.82) is 0 Å². The third-order valence-corrected chi connectivity index (χ3v) is 3.40. The van der Waals surface area contributed by atoms with Gasteiger partial charge in [-0.2, -0.15) is 0 Å². The van der Waals surface area contributed by atoms with Gasteiger partial charge in [0.05, 0.1) is 5.02 Å². The summed E-state index contributed by atoms with van der Waals surface area (Å²) < 4.78 is 5.43. The van der Waals surface area contributed by atoms with Crippen molar-refractivity contribution < 1.29 is 9.53 Å². The molecule has 0 fully saturated rings. The molecule has 112 valence electrons. The number of amides is 1. The zero-order valence-corrected chi connectivity index (χ0v) is 13.1. The molecule has 0 aliphatic heterocycles. The Morgan fingerprint density at radius 2 is 2.20 bits per heavy atom. The monoisotopic (exact) mass is 298 g/mol. The number of benzene rings is 1. The van der Waals surface area contributed by atoms with Gasteiger partial charge in [0.15, 0.2) is 6.61 Å². The maximum Gasteiger partial charge on any atom is 0.257 e. The molecule has 20 heavy (non-hydrogen) atoms. The van der Waals surface area contributed by atoms with Crippen molar-refractivity contribution in [3.05, 3.63) is 28.8 Å². The lowest BCUT2D eigenvalue weighted by molar-refractivity contribution is -0.123. The predicted molar refractivity (Wildman–Crippen MR) is 82.3 cm³/mol. The highest BCUT2D eigenvalue weighted by Crippen LogP contribution is 2.27. The van der Waals surface area contributed by atoms with Crippen LogP contribution in [0.2, 0.25) is 5.02 Å². The first kappa shape index (κ1) is 16.8. The highest BCUT2D eigenvalue weighted by atomic mass is 35.5. The normalized spacial score (nSPS) is 12.0. The standard InChI is InChI=1S/C15H23ClN2O2/c1-4-5-8-18-15(19)10-20-14-7-6-12(9-13(14)16)11(2)17-3/h6-7,9,11,17H,4-5,8,10H2,1-3H3,(H,18,19). The molecule has 4 nitrogen and oxygen atoms in total. The topological polar surface area (TPSA) is 50.4 Å². The summed E-state index contributed by atoms with van der Waals surface area (Å²) in [6.07, 6.45) is 2.03. The van der Waals surface area contributed by atoms with Crippen LogP contribution in [0.4, 0.5) is 0 Å². The Balaban J connectivity index is 2.50. The highest BCUT2D eigenvalue weighted by molar-refractivity contribution is 6.32. The highest BCUT2D eigenvalue weighted by Gasteiger charge is 2.09. The number of halogens is 1. The quantitative estimate of drug-likeness (QED) is 0.726. The van der Waals surface area contributed by atoms with Crippen LogP contribution in [0, 0.1) is 0 Å². The molecule has 0 saturated carbocycles. The number of ether oxygens (including phenoxy) is 1. The molecular formula is C15H23ClN2O2. The summed E-state index contributed by atoms with van der Waals surface area (Å²) in [5, 5.41) is 6.46. The summed E-state index contributed by atoms with van der Waals surface area (Å²) in [7, 11) is 1.89. The molecule has 0 heterocycles. The molecule has 0 aliphatic rings. The van der Waals surface area contributed by atoms with Gasteiger partial charge in [0.25, 0.3) is 5.91 Å². The Hall–Kier alpha value is -1.26. The minimum atomic E-state index is -0.123. The Bertz CT molecular complexity index is 438. The second kappa shape index (κ2) is 8.82. The lowest BCUT2D eigenvalue weighted by Crippen LogP contribution is -2.29. The number of rotatable bonds is 8. The molecule has 0 aromatic heterocycles. The van der Waals surface area contributed by atoms with E-state index >= 15 is 0 Å². The molecule has 1 amide bonds. The van der Waals surface area contributed by atoms with Gasteiger partial charge in [-0.15, -0.1) is 0 Å². The third-order valence-electron chi connectivity index (χ3n) is 3.10. The smallest absolute Gasteiger partial charge is 0.257 e. The minimum absolute atomic E-state index is 0.00956. The van der Waals surface area contributed by atoms with Crippen LogP contribution in [-0.4, -0.2) is 26.1 Å². The van der Waals surface area contributed by atoms with Crippen molar-refractivity contribution in [1.82, 2.24) is 10.6 Å². The average Bonchev–Trinajstić information content (AvgIpc) is 2.45. The number of carbonyl (C=O) groups excluding carboxylic acids is 1. The van der Waals surface area contributed by atoms with E-state index in [1.54, 1.807) is 6.07 Å². The molecule has 0 radical (unpaired) electrons. The van der Waals surface area contributed by atoms with Crippen LogP contribution in [0.25, 0.3) is 0 Å². The van der Waals surface area contributed by atoms with Gasteiger partial charge in [0, 0.05) is 12.6 Å². The Morgan fingerprint density at radius 1 is 1.45 bits per heavy atom. The van der Waals surface area contributed by atoms with Crippen molar-refractivity contribution in [3.8, 4) is 5.75 Å². The summed E-state index contributed by atoms with van der Waals surface area (Å²) in [6, 6.07) is 5.81. The molecule has 0 bridgehead atoms. The lowest BCUT2D eigenvalue weighted by atomic mass is 10.1. The second-order valence-corrected chi connectivity index (χ2v) is 5.10. The molecule has 1 atom stereocenters. The first-order valence-corrected chi connectivity index (χ1v) is 7.32. The Kier molecular flexibility index (Phi) is 7.41. The van der Waals surface area contributed by atoms with E-state index in [-0.39, 0.29) is 18.6 Å². The van der Waals surface area contributed by atoms with E-state index in [0.717, 1.165) is 18.4 Å². The van der Waals surface area contributed by atoms with Crippen LogP contribution in [0.15, 0.2) is 18.2 Å². The molecule has 0 spiro atoms. The van der Waals surface area contributed by atoms with Gasteiger partial charge in [-0.3, -0.25) is 4.79 Å². The maximum atomic E-state index is 11.5. The first-order valence-electron chi connectivity index (χ1n) is 6.94. The van der Waals surface area contributed by atoms with Gasteiger partial charge in [0.2, 0.25) is 0 Å². The van der Waals surface area contributed by atoms with Gasteiger partial charge in [0.1, 0.15) is 5.75 Å². The van der Waals surface area contributed by atoms with Crippen molar-refractivity contribution in [3.63, 3.8) is 0 Å². The molecule has 1 aromatic rings. The summed E-state index contributed by atoms with van der Waals surface area (Å²) in [6.45, 7) is 4.80. The molecule has 1 aromatic carbocycles. The van der Waals surface area contributed by atoms with Crippen LogP contribution in [0.3, 0.4) is 0 Å². The van der Waals surface area contributed by atoms with E-state index < -0.39 is 0 Å². The minimum Gasteiger partial charge on any atom is -0.482 e. The summed E-state index contributed by atoms with van der Waals surface area (Å²) in [5.41, 5.74) is 1.08. The summed E-state index contributed by atoms with van der Waals surface area (Å²) in [5.74, 6) is 0.409. The summed E-state index contributed by atoms with van der Waals surface area (Å²) >= 11 is 6.16. The van der Waals surface area contributed by atoms with Crippen LogP contribution in [0.1, 0.15) is 38.3 Å². The van der Waals surface area contributed by atoms with Gasteiger partial charge in [-0.1, -0.05) is 31.0 Å². The van der Waals surface area contributed by atoms with Gasteiger partial charge >= 0.3 is 0 Å². The molecule has 0 aliphatic carbocycles. The van der Waals surface area contributed by atoms with Crippen molar-refractivity contribution >= 4 is 17.5 Å². The lowest BCUT2D eigenvalue weighted by Gasteiger charge is -2.13. The number of unbranched alkanes of at least 4 members (excludes halogenated alkanes) is 1. The van der Waals surface area contributed by atoms with Gasteiger partial charge in [-0.25, -0.2) is 0 Å². The fraction of sp³-hybridized carbons (Fsp3) is 0.533. The number of hydrogen-bond acceptors (Lipinski definition) is 3. The van der Waals surface area contributed by atoms with E-state index in [1.165, 1.54) is 0 Å². The van der Waals surface area contributed by atoms with E-state index in [1.807, 2.05) is 26.1 Å². The number of hydrogen-bond donors (Lipinski definition) is 2. The van der Waals surface area contributed by atoms with Crippen molar-refractivity contribution in [2.45, 2.75) is 32.7 Å². The largest absolute Gasteiger partial charge is 0.482 e. The first-order chi connectivity index (χ1) is 9.58. The molecule has 2 N–H and O–H groups in total. The fourth-order valence-electron chi connectivity index (χ4n) is 1.67. The zero-order chi connectivity index (χ0) is 15.0. The van der Waals surface area contributed by atoms with Crippen molar-refractivity contribution in [2.24, 2.45) is 0 Å².